The van der Waals surface area contributed by atoms with Gasteiger partial charge in [-0.2, -0.15) is 0 Å². The van der Waals surface area contributed by atoms with Crippen LogP contribution in [-0.4, -0.2) is 39.7 Å². The molecule has 0 amide bonds. The van der Waals surface area contributed by atoms with E-state index >= 15 is 0 Å². The fraction of sp³-hybridized carbons (Fsp3) is 0.417. The molecule has 0 saturated heterocycles. The Balaban J connectivity index is 1.95. The number of carbonyl (C=O) groups excluding carboxylic acids is 2. The summed E-state index contributed by atoms with van der Waals surface area (Å²) >= 11 is 0. The number of rotatable bonds is 9. The van der Waals surface area contributed by atoms with Crippen molar-refractivity contribution in [1.29, 1.82) is 0 Å². The van der Waals surface area contributed by atoms with Gasteiger partial charge in [-0.15, -0.1) is 0 Å². The second kappa shape index (κ2) is 9.98. The van der Waals surface area contributed by atoms with E-state index in [1.807, 2.05) is 0 Å². The lowest BCUT2D eigenvalue weighted by Gasteiger charge is -2.20. The first-order chi connectivity index (χ1) is 16.5. The lowest BCUT2D eigenvalue weighted by Crippen LogP contribution is -2.07. The number of carbonyl (C=O) groups is 2. The summed E-state index contributed by atoms with van der Waals surface area (Å²) in [6.45, 7) is 3.28. The zero-order valence-corrected chi connectivity index (χ0v) is 19.5. The molecule has 2 heterocycles. The highest BCUT2D eigenvalue weighted by molar-refractivity contribution is 5.89. The van der Waals surface area contributed by atoms with E-state index in [4.69, 9.17) is 37.9 Å². The molecule has 0 bridgehead atoms. The molecule has 0 aliphatic carbocycles. The van der Waals surface area contributed by atoms with Gasteiger partial charge in [0.2, 0.25) is 25.1 Å². The van der Waals surface area contributed by atoms with Crippen LogP contribution in [-0.2, 0) is 32.3 Å². The van der Waals surface area contributed by atoms with E-state index in [0.717, 1.165) is 0 Å². The van der Waals surface area contributed by atoms with Crippen LogP contribution >= 0.6 is 0 Å². The summed E-state index contributed by atoms with van der Waals surface area (Å²) in [4.78, 5) is 23.9. The molecule has 10 heteroatoms. The van der Waals surface area contributed by atoms with Crippen LogP contribution in [0.25, 0.3) is 11.1 Å². The van der Waals surface area contributed by atoms with Gasteiger partial charge in [0.1, 0.15) is 13.2 Å². The summed E-state index contributed by atoms with van der Waals surface area (Å²) in [7, 11) is 3.02. The van der Waals surface area contributed by atoms with Crippen molar-refractivity contribution in [2.45, 2.75) is 39.9 Å². The maximum Gasteiger partial charge on any atom is 0.305 e. The molecule has 2 aliphatic heterocycles. The van der Waals surface area contributed by atoms with Crippen molar-refractivity contribution in [1.82, 2.24) is 0 Å². The average Bonchev–Trinajstić information content (AvgIpc) is 3.55. The Morgan fingerprint density at radius 2 is 1.09 bits per heavy atom. The zero-order chi connectivity index (χ0) is 24.2. The molecule has 0 aromatic heterocycles. The predicted octanol–water partition coefficient (Wildman–Crippen LogP) is 3.73. The zero-order valence-electron chi connectivity index (χ0n) is 19.5. The monoisotopic (exact) mass is 474 g/mol. The molecule has 10 nitrogen and oxygen atoms in total. The third kappa shape index (κ3) is 4.23. The standard InChI is InChI=1S/C24H26O10/c1-5-17(25)29-9-13-7-15(27-3)21-23(33-11-31-21)19(13)20-14(10-30-18(26)6-2)8-16(28-4)22-24(20)34-12-32-22/h7-8H,5-6,9-12H2,1-4H3. The number of benzene rings is 2. The summed E-state index contributed by atoms with van der Waals surface area (Å²) in [5.41, 5.74) is 2.30. The van der Waals surface area contributed by atoms with E-state index in [-0.39, 0.29) is 51.6 Å². The van der Waals surface area contributed by atoms with Crippen molar-refractivity contribution in [3.8, 4) is 45.6 Å². The molecule has 4 rings (SSSR count). The lowest BCUT2D eigenvalue weighted by molar-refractivity contribution is -0.145. The maximum absolute atomic E-state index is 11.9. The van der Waals surface area contributed by atoms with Gasteiger partial charge in [0.05, 0.1) is 14.2 Å². The fourth-order valence-electron chi connectivity index (χ4n) is 3.78. The molecule has 182 valence electrons. The van der Waals surface area contributed by atoms with Gasteiger partial charge in [0, 0.05) is 35.1 Å². The van der Waals surface area contributed by atoms with Crippen molar-refractivity contribution < 1.29 is 47.5 Å². The summed E-state index contributed by atoms with van der Waals surface area (Å²) in [6.07, 6.45) is 0.453. The summed E-state index contributed by atoms with van der Waals surface area (Å²) in [5.74, 6) is 1.74. The smallest absolute Gasteiger partial charge is 0.305 e. The van der Waals surface area contributed by atoms with Crippen molar-refractivity contribution in [3.05, 3.63) is 23.3 Å². The van der Waals surface area contributed by atoms with Crippen LogP contribution in [0.15, 0.2) is 12.1 Å². The molecule has 34 heavy (non-hydrogen) atoms. The summed E-state index contributed by atoms with van der Waals surface area (Å²) in [6, 6.07) is 3.44. The second-order valence-electron chi connectivity index (χ2n) is 7.38. The van der Waals surface area contributed by atoms with Crippen LogP contribution in [0.3, 0.4) is 0 Å². The van der Waals surface area contributed by atoms with Gasteiger partial charge >= 0.3 is 11.9 Å². The highest BCUT2D eigenvalue weighted by Gasteiger charge is 2.34. The Labute approximate surface area is 196 Å². The minimum absolute atomic E-state index is 0.0211. The Morgan fingerprint density at radius 3 is 1.44 bits per heavy atom. The summed E-state index contributed by atoms with van der Waals surface area (Å²) in [5, 5.41) is 0. The van der Waals surface area contributed by atoms with Gasteiger partial charge in [-0.05, 0) is 12.1 Å². The van der Waals surface area contributed by atoms with Gasteiger partial charge < -0.3 is 37.9 Å². The number of esters is 2. The third-order valence-corrected chi connectivity index (χ3v) is 5.42. The van der Waals surface area contributed by atoms with E-state index in [1.54, 1.807) is 26.0 Å². The van der Waals surface area contributed by atoms with Crippen LogP contribution in [0.1, 0.15) is 37.8 Å². The van der Waals surface area contributed by atoms with Gasteiger partial charge in [-0.1, -0.05) is 13.8 Å². The summed E-state index contributed by atoms with van der Waals surface area (Å²) < 4.78 is 44.9. The van der Waals surface area contributed by atoms with E-state index in [0.29, 0.717) is 56.8 Å². The number of hydrogen-bond donors (Lipinski definition) is 0. The van der Waals surface area contributed by atoms with Crippen LogP contribution in [0.2, 0.25) is 0 Å². The van der Waals surface area contributed by atoms with Crippen LogP contribution in [0.4, 0.5) is 0 Å². The molecule has 0 radical (unpaired) electrons. The van der Waals surface area contributed by atoms with Crippen molar-refractivity contribution in [3.63, 3.8) is 0 Å². The van der Waals surface area contributed by atoms with E-state index in [9.17, 15) is 9.59 Å². The molecular weight excluding hydrogens is 448 g/mol. The van der Waals surface area contributed by atoms with Crippen LogP contribution in [0.5, 0.6) is 34.5 Å². The SMILES string of the molecule is CCC(=O)OCc1cc(OC)c2c(c1-c1c(COC(=O)CC)cc(OC)c3c1OCO3)OCO2. The Kier molecular flexibility index (Phi) is 6.85. The molecule has 2 aromatic carbocycles. The first-order valence-corrected chi connectivity index (χ1v) is 10.8. The van der Waals surface area contributed by atoms with Crippen molar-refractivity contribution in [2.75, 3.05) is 27.8 Å². The number of ether oxygens (including phenoxy) is 8. The minimum atomic E-state index is -0.362. The fourth-order valence-corrected chi connectivity index (χ4v) is 3.78. The van der Waals surface area contributed by atoms with Gasteiger partial charge in [0.25, 0.3) is 0 Å². The molecule has 0 atom stereocenters. The molecule has 2 aromatic rings. The Morgan fingerprint density at radius 1 is 0.706 bits per heavy atom. The largest absolute Gasteiger partial charge is 0.493 e. The van der Waals surface area contributed by atoms with Gasteiger partial charge in [0.15, 0.2) is 23.0 Å². The Hall–Kier alpha value is -3.82. The third-order valence-electron chi connectivity index (χ3n) is 5.42. The van der Waals surface area contributed by atoms with Crippen LogP contribution in [0, 0.1) is 0 Å². The van der Waals surface area contributed by atoms with Gasteiger partial charge in [-0.25, -0.2) is 0 Å². The molecule has 0 N–H and O–H groups in total. The van der Waals surface area contributed by atoms with Gasteiger partial charge in [-0.3, -0.25) is 9.59 Å². The normalized spacial score (nSPS) is 12.9. The molecular formula is C24H26O10. The lowest BCUT2D eigenvalue weighted by atomic mass is 9.92. The van der Waals surface area contributed by atoms with E-state index in [2.05, 4.69) is 0 Å². The van der Waals surface area contributed by atoms with Crippen LogP contribution < -0.4 is 28.4 Å². The number of fused-ring (bicyclic) bond motifs is 2. The van der Waals surface area contributed by atoms with Crippen molar-refractivity contribution in [2.24, 2.45) is 0 Å². The average molecular weight is 474 g/mol. The Bertz CT molecular complexity index is 1020. The highest BCUT2D eigenvalue weighted by Crippen LogP contribution is 2.56. The molecule has 0 fully saturated rings. The molecule has 0 spiro atoms. The van der Waals surface area contributed by atoms with E-state index in [1.165, 1.54) is 14.2 Å². The molecule has 0 unspecified atom stereocenters. The molecule has 2 aliphatic rings. The number of methoxy groups -OCH3 is 2. The van der Waals surface area contributed by atoms with E-state index < -0.39 is 0 Å². The topological polar surface area (TPSA) is 108 Å². The predicted molar refractivity (Wildman–Crippen MR) is 117 cm³/mol. The number of hydrogen-bond acceptors (Lipinski definition) is 10. The maximum atomic E-state index is 11.9. The first kappa shape index (κ1) is 23.3. The minimum Gasteiger partial charge on any atom is -0.493 e. The quantitative estimate of drug-likeness (QED) is 0.499. The molecule has 0 saturated carbocycles. The second-order valence-corrected chi connectivity index (χ2v) is 7.38. The van der Waals surface area contributed by atoms with Crippen molar-refractivity contribution >= 4 is 11.9 Å². The first-order valence-electron chi connectivity index (χ1n) is 10.8. The highest BCUT2D eigenvalue weighted by atomic mass is 16.7.